The molecule has 2 rings (SSSR count). The van der Waals surface area contributed by atoms with Gasteiger partial charge >= 0.3 is 0 Å². The van der Waals surface area contributed by atoms with Crippen molar-refractivity contribution in [3.05, 3.63) is 40.2 Å². The number of aliphatic hydroxyl groups is 1. The number of methoxy groups -OCH3 is 1. The molecule has 0 aliphatic carbocycles. The normalized spacial score (nSPS) is 12.3. The summed E-state index contributed by atoms with van der Waals surface area (Å²) in [6.45, 7) is 3.85. The smallest absolute Gasteiger partial charge is 0.161 e. The topological polar surface area (TPSA) is 56.5 Å². The third kappa shape index (κ3) is 3.31. The molecule has 1 N–H and O–H groups in total. The number of hydrogen-bond donors (Lipinski definition) is 1. The first kappa shape index (κ1) is 15.7. The molecule has 0 fully saturated rings. The van der Waals surface area contributed by atoms with Crippen molar-refractivity contribution >= 4 is 11.6 Å². The Labute approximate surface area is 129 Å². The van der Waals surface area contributed by atoms with Crippen LogP contribution in [0.2, 0.25) is 5.02 Å². The summed E-state index contributed by atoms with van der Waals surface area (Å²) in [5, 5.41) is 14.4. The van der Waals surface area contributed by atoms with Crippen LogP contribution in [0, 0.1) is 6.92 Å². The van der Waals surface area contributed by atoms with Crippen LogP contribution in [0.15, 0.2) is 18.2 Å². The maximum atomic E-state index is 9.59. The van der Waals surface area contributed by atoms with Crippen molar-refractivity contribution in [2.24, 2.45) is 7.05 Å². The van der Waals surface area contributed by atoms with E-state index in [9.17, 15) is 5.11 Å². The second-order valence-electron chi connectivity index (χ2n) is 4.84. The monoisotopic (exact) mass is 310 g/mol. The van der Waals surface area contributed by atoms with E-state index in [0.717, 1.165) is 17.0 Å². The van der Waals surface area contributed by atoms with E-state index in [0.29, 0.717) is 23.1 Å². The number of aromatic nitrogens is 2. The van der Waals surface area contributed by atoms with Crippen LogP contribution in [-0.2, 0) is 13.7 Å². The molecule has 5 nitrogen and oxygen atoms in total. The van der Waals surface area contributed by atoms with Crippen molar-refractivity contribution in [3.63, 3.8) is 0 Å². The molecule has 0 spiro atoms. The van der Waals surface area contributed by atoms with Gasteiger partial charge in [0.2, 0.25) is 0 Å². The fourth-order valence-electron chi connectivity index (χ4n) is 2.05. The van der Waals surface area contributed by atoms with Gasteiger partial charge in [-0.3, -0.25) is 4.68 Å². The average molecular weight is 311 g/mol. The van der Waals surface area contributed by atoms with E-state index < -0.39 is 6.10 Å². The van der Waals surface area contributed by atoms with E-state index >= 15 is 0 Å². The molecule has 1 atom stereocenters. The van der Waals surface area contributed by atoms with E-state index in [4.69, 9.17) is 21.1 Å². The molecule has 0 aliphatic rings. The number of benzene rings is 1. The lowest BCUT2D eigenvalue weighted by molar-refractivity contribution is 0.198. The summed E-state index contributed by atoms with van der Waals surface area (Å²) in [5.41, 5.74) is 2.35. The standard InChI is InChI=1S/C15H19ClN2O3/c1-9-15(16)12(18(3)17-9)8-21-13-6-5-11(10(2)19)7-14(13)20-4/h5-7,10,19H,8H2,1-4H3. The molecule has 1 unspecified atom stereocenters. The van der Waals surface area contributed by atoms with Crippen LogP contribution in [0.3, 0.4) is 0 Å². The number of aryl methyl sites for hydroxylation is 2. The highest BCUT2D eigenvalue weighted by atomic mass is 35.5. The van der Waals surface area contributed by atoms with Gasteiger partial charge in [0.15, 0.2) is 11.5 Å². The Balaban J connectivity index is 2.20. The van der Waals surface area contributed by atoms with Gasteiger partial charge in [-0.1, -0.05) is 17.7 Å². The fourth-order valence-corrected chi connectivity index (χ4v) is 2.26. The highest BCUT2D eigenvalue weighted by Crippen LogP contribution is 2.31. The highest BCUT2D eigenvalue weighted by molar-refractivity contribution is 6.31. The Hall–Kier alpha value is -1.72. The third-order valence-corrected chi connectivity index (χ3v) is 3.79. The number of ether oxygens (including phenoxy) is 2. The Kier molecular flexibility index (Phi) is 4.75. The van der Waals surface area contributed by atoms with Crippen molar-refractivity contribution in [2.45, 2.75) is 26.6 Å². The number of aliphatic hydroxyl groups excluding tert-OH is 1. The maximum Gasteiger partial charge on any atom is 0.161 e. The van der Waals surface area contributed by atoms with E-state index in [2.05, 4.69) is 5.10 Å². The molecule has 2 aromatic rings. The van der Waals surface area contributed by atoms with Gasteiger partial charge in [-0.05, 0) is 31.5 Å². The summed E-state index contributed by atoms with van der Waals surface area (Å²) in [4.78, 5) is 0. The molecule has 0 aliphatic heterocycles. The lowest BCUT2D eigenvalue weighted by Crippen LogP contribution is -2.04. The fraction of sp³-hybridized carbons (Fsp3) is 0.400. The molecule has 0 bridgehead atoms. The van der Waals surface area contributed by atoms with Crippen LogP contribution in [0.1, 0.15) is 30.0 Å². The van der Waals surface area contributed by atoms with Crippen molar-refractivity contribution in [3.8, 4) is 11.5 Å². The number of halogens is 1. The molecule has 1 aromatic carbocycles. The first-order chi connectivity index (χ1) is 9.93. The van der Waals surface area contributed by atoms with Crippen LogP contribution in [-0.4, -0.2) is 22.0 Å². The molecule has 0 saturated heterocycles. The van der Waals surface area contributed by atoms with Crippen molar-refractivity contribution in [1.29, 1.82) is 0 Å². The highest BCUT2D eigenvalue weighted by Gasteiger charge is 2.14. The average Bonchev–Trinajstić information content (AvgIpc) is 2.70. The molecule has 6 heteroatoms. The lowest BCUT2D eigenvalue weighted by atomic mass is 10.1. The molecule has 0 amide bonds. The van der Waals surface area contributed by atoms with Crippen LogP contribution in [0.25, 0.3) is 0 Å². The van der Waals surface area contributed by atoms with Gasteiger partial charge in [0, 0.05) is 7.05 Å². The predicted octanol–water partition coefficient (Wildman–Crippen LogP) is 3.02. The predicted molar refractivity (Wildman–Crippen MR) is 80.9 cm³/mol. The summed E-state index contributed by atoms with van der Waals surface area (Å²) in [7, 11) is 3.39. The molecule has 1 aromatic heterocycles. The van der Waals surface area contributed by atoms with Crippen LogP contribution in [0.5, 0.6) is 11.5 Å². The van der Waals surface area contributed by atoms with Gasteiger partial charge in [-0.25, -0.2) is 0 Å². The van der Waals surface area contributed by atoms with Gasteiger partial charge in [-0.15, -0.1) is 0 Å². The number of hydrogen-bond acceptors (Lipinski definition) is 4. The second kappa shape index (κ2) is 6.37. The van der Waals surface area contributed by atoms with Crippen molar-refractivity contribution in [1.82, 2.24) is 9.78 Å². The SMILES string of the molecule is COc1cc(C(C)O)ccc1OCc1c(Cl)c(C)nn1C. The first-order valence-corrected chi connectivity index (χ1v) is 6.98. The summed E-state index contributed by atoms with van der Waals surface area (Å²) < 4.78 is 12.8. The zero-order valence-electron chi connectivity index (χ0n) is 12.6. The summed E-state index contributed by atoms with van der Waals surface area (Å²) in [6, 6.07) is 5.34. The molecular formula is C15H19ClN2O3. The van der Waals surface area contributed by atoms with Crippen LogP contribution < -0.4 is 9.47 Å². The van der Waals surface area contributed by atoms with E-state index in [1.165, 1.54) is 0 Å². The maximum absolute atomic E-state index is 9.59. The zero-order chi connectivity index (χ0) is 15.6. The molecular weight excluding hydrogens is 292 g/mol. The quantitative estimate of drug-likeness (QED) is 0.922. The summed E-state index contributed by atoms with van der Waals surface area (Å²) in [6.07, 6.45) is -0.554. The number of nitrogens with zero attached hydrogens (tertiary/aromatic N) is 2. The van der Waals surface area contributed by atoms with Crippen molar-refractivity contribution in [2.75, 3.05) is 7.11 Å². The van der Waals surface area contributed by atoms with E-state index in [-0.39, 0.29) is 0 Å². The first-order valence-electron chi connectivity index (χ1n) is 6.60. The molecule has 1 heterocycles. The van der Waals surface area contributed by atoms with Crippen LogP contribution in [0.4, 0.5) is 0 Å². The third-order valence-electron chi connectivity index (χ3n) is 3.30. The molecule has 0 saturated carbocycles. The minimum atomic E-state index is -0.554. The largest absolute Gasteiger partial charge is 0.493 e. The Morgan fingerprint density at radius 3 is 2.62 bits per heavy atom. The van der Waals surface area contributed by atoms with Gasteiger partial charge in [0.05, 0.1) is 29.6 Å². The van der Waals surface area contributed by atoms with Crippen molar-refractivity contribution < 1.29 is 14.6 Å². The Morgan fingerprint density at radius 2 is 2.10 bits per heavy atom. The number of rotatable bonds is 5. The van der Waals surface area contributed by atoms with Gasteiger partial charge in [-0.2, -0.15) is 5.10 Å². The van der Waals surface area contributed by atoms with Gasteiger partial charge < -0.3 is 14.6 Å². The van der Waals surface area contributed by atoms with Gasteiger partial charge in [0.1, 0.15) is 6.61 Å². The second-order valence-corrected chi connectivity index (χ2v) is 5.22. The molecule has 0 radical (unpaired) electrons. The minimum Gasteiger partial charge on any atom is -0.493 e. The van der Waals surface area contributed by atoms with Crippen LogP contribution >= 0.6 is 11.6 Å². The minimum absolute atomic E-state index is 0.292. The molecule has 114 valence electrons. The summed E-state index contributed by atoms with van der Waals surface area (Å²) in [5.74, 6) is 1.17. The lowest BCUT2D eigenvalue weighted by Gasteiger charge is -2.13. The summed E-state index contributed by atoms with van der Waals surface area (Å²) >= 11 is 6.19. The van der Waals surface area contributed by atoms with Gasteiger partial charge in [0.25, 0.3) is 0 Å². The Morgan fingerprint density at radius 1 is 1.38 bits per heavy atom. The molecule has 21 heavy (non-hydrogen) atoms. The van der Waals surface area contributed by atoms with E-state index in [1.807, 2.05) is 14.0 Å². The Bertz CT molecular complexity index is 638. The zero-order valence-corrected chi connectivity index (χ0v) is 13.3. The van der Waals surface area contributed by atoms with E-state index in [1.54, 1.807) is 36.9 Å².